The average molecular weight is 474 g/mol. The fraction of sp³-hybridized carbons (Fsp3) is 0.0769. The summed E-state index contributed by atoms with van der Waals surface area (Å²) >= 11 is 7.59. The van der Waals surface area contributed by atoms with Crippen LogP contribution in [0.5, 0.6) is 5.75 Å². The Bertz CT molecular complexity index is 1460. The summed E-state index contributed by atoms with van der Waals surface area (Å²) in [6, 6.07) is 25.6. The highest BCUT2D eigenvalue weighted by atomic mass is 35.5. The molecule has 0 unspecified atom stereocenters. The van der Waals surface area contributed by atoms with Crippen LogP contribution in [-0.2, 0) is 0 Å². The van der Waals surface area contributed by atoms with Crippen molar-refractivity contribution in [1.29, 1.82) is 0 Å². The maximum atomic E-state index is 12.2. The molecule has 2 aromatic heterocycles. The molecule has 5 rings (SSSR count). The van der Waals surface area contributed by atoms with Crippen LogP contribution < -0.4 is 10.5 Å². The molecule has 0 saturated carbocycles. The first-order valence-corrected chi connectivity index (χ1v) is 11.6. The number of aromatic nitrogens is 2. The molecule has 0 aliphatic carbocycles. The minimum absolute atomic E-state index is 0.353. The van der Waals surface area contributed by atoms with Gasteiger partial charge in [-0.25, -0.2) is 4.98 Å². The van der Waals surface area contributed by atoms with E-state index in [9.17, 15) is 4.79 Å². The molecule has 2 N–H and O–H groups in total. The maximum Gasteiger partial charge on any atom is 0.262 e. The van der Waals surface area contributed by atoms with Crippen LogP contribution in [0.1, 0.15) is 28.3 Å². The summed E-state index contributed by atoms with van der Waals surface area (Å²) in [6.07, 6.45) is 1.39. The number of carbonyl (C=O) groups is 1. The van der Waals surface area contributed by atoms with Crippen LogP contribution >= 0.6 is 22.9 Å². The fourth-order valence-electron chi connectivity index (χ4n) is 3.80. The van der Waals surface area contributed by atoms with E-state index < -0.39 is 5.91 Å². The van der Waals surface area contributed by atoms with Gasteiger partial charge in [-0.1, -0.05) is 66.2 Å². The fourth-order valence-corrected chi connectivity index (χ4v) is 5.01. The Morgan fingerprint density at radius 1 is 1.03 bits per heavy atom. The normalized spacial score (nSPS) is 12.1. The number of thiophene rings is 1. The van der Waals surface area contributed by atoms with Gasteiger partial charge in [0.1, 0.15) is 28.1 Å². The number of amides is 1. The molecular formula is C26H20ClN3O2S. The van der Waals surface area contributed by atoms with Crippen LogP contribution in [0.2, 0.25) is 5.02 Å². The van der Waals surface area contributed by atoms with Crippen molar-refractivity contribution in [2.24, 2.45) is 5.73 Å². The Morgan fingerprint density at radius 3 is 2.55 bits per heavy atom. The van der Waals surface area contributed by atoms with Gasteiger partial charge < -0.3 is 10.5 Å². The molecule has 2 heterocycles. The molecule has 1 amide bonds. The molecule has 0 spiro atoms. The number of benzene rings is 3. The number of nitrogens with two attached hydrogens (primary N) is 1. The molecular weight excluding hydrogens is 454 g/mol. The van der Waals surface area contributed by atoms with E-state index in [4.69, 9.17) is 22.1 Å². The van der Waals surface area contributed by atoms with Gasteiger partial charge in [0.25, 0.3) is 5.91 Å². The number of halogens is 1. The van der Waals surface area contributed by atoms with Crippen molar-refractivity contribution >= 4 is 39.9 Å². The molecule has 1 atom stereocenters. The standard InChI is InChI=1S/C26H20ClN3O2S/c1-16(19-9-5-6-10-20(19)27)32-23-14-24(33-25(23)26(28)31)30-15-29-21-13-18(11-12-22(21)30)17-7-3-2-4-8-17/h2-16H,1H3,(H2,28,31)/t16-/m1/s1. The van der Waals surface area contributed by atoms with E-state index >= 15 is 0 Å². The molecule has 0 radical (unpaired) electrons. The van der Waals surface area contributed by atoms with Crippen molar-refractivity contribution in [3.8, 4) is 21.9 Å². The number of nitrogens with zero attached hydrogens (tertiary/aromatic N) is 2. The number of imidazole rings is 1. The van der Waals surface area contributed by atoms with E-state index in [1.165, 1.54) is 11.3 Å². The first-order chi connectivity index (χ1) is 16.0. The number of primary amides is 1. The van der Waals surface area contributed by atoms with Crippen LogP contribution in [0.4, 0.5) is 0 Å². The van der Waals surface area contributed by atoms with Crippen LogP contribution in [0.25, 0.3) is 27.2 Å². The molecule has 5 nitrogen and oxygen atoms in total. The zero-order valence-electron chi connectivity index (χ0n) is 17.7. The van der Waals surface area contributed by atoms with Crippen molar-refractivity contribution in [2.75, 3.05) is 0 Å². The third-order valence-corrected chi connectivity index (χ3v) is 6.92. The number of hydrogen-bond acceptors (Lipinski definition) is 4. The summed E-state index contributed by atoms with van der Waals surface area (Å²) in [4.78, 5) is 17.1. The topological polar surface area (TPSA) is 70.1 Å². The summed E-state index contributed by atoms with van der Waals surface area (Å²) in [5.41, 5.74) is 10.5. The molecule has 5 aromatic rings. The average Bonchev–Trinajstić information content (AvgIpc) is 3.43. The Balaban J connectivity index is 1.51. The molecule has 0 aliphatic rings. The van der Waals surface area contributed by atoms with Gasteiger partial charge in [0, 0.05) is 16.7 Å². The molecule has 3 aromatic carbocycles. The predicted molar refractivity (Wildman–Crippen MR) is 133 cm³/mol. The third-order valence-electron chi connectivity index (χ3n) is 5.45. The number of carbonyl (C=O) groups excluding carboxylic acids is 1. The van der Waals surface area contributed by atoms with Gasteiger partial charge in [-0.3, -0.25) is 9.36 Å². The quantitative estimate of drug-likeness (QED) is 0.300. The lowest BCUT2D eigenvalue weighted by atomic mass is 10.1. The maximum absolute atomic E-state index is 12.2. The van der Waals surface area contributed by atoms with Gasteiger partial charge in [0.15, 0.2) is 0 Å². The van der Waals surface area contributed by atoms with Crippen LogP contribution in [0, 0.1) is 0 Å². The monoisotopic (exact) mass is 473 g/mol. The van der Waals surface area contributed by atoms with Crippen LogP contribution in [-0.4, -0.2) is 15.5 Å². The van der Waals surface area contributed by atoms with E-state index in [0.29, 0.717) is 15.6 Å². The zero-order valence-corrected chi connectivity index (χ0v) is 19.3. The van der Waals surface area contributed by atoms with E-state index in [-0.39, 0.29) is 6.10 Å². The number of rotatable bonds is 6. The highest BCUT2D eigenvalue weighted by molar-refractivity contribution is 7.16. The van der Waals surface area contributed by atoms with Crippen molar-refractivity contribution < 1.29 is 9.53 Å². The number of ether oxygens (including phenoxy) is 1. The van der Waals surface area contributed by atoms with Crippen molar-refractivity contribution in [1.82, 2.24) is 9.55 Å². The second-order valence-corrected chi connectivity index (χ2v) is 9.05. The number of fused-ring (bicyclic) bond motifs is 1. The molecule has 33 heavy (non-hydrogen) atoms. The SMILES string of the molecule is C[C@@H](Oc1cc(-n2cnc3cc(-c4ccccc4)ccc32)sc1C(N)=O)c1ccccc1Cl. The molecule has 0 bridgehead atoms. The Labute approximate surface area is 200 Å². The largest absolute Gasteiger partial charge is 0.484 e. The summed E-state index contributed by atoms with van der Waals surface area (Å²) in [5.74, 6) is -0.110. The Kier molecular flexibility index (Phi) is 5.62. The second-order valence-electron chi connectivity index (χ2n) is 7.61. The lowest BCUT2D eigenvalue weighted by Gasteiger charge is -2.16. The number of hydrogen-bond donors (Lipinski definition) is 1. The summed E-state index contributed by atoms with van der Waals surface area (Å²) < 4.78 is 8.07. The van der Waals surface area contributed by atoms with Gasteiger partial charge in [0.05, 0.1) is 11.0 Å². The van der Waals surface area contributed by atoms with Gasteiger partial charge in [0.2, 0.25) is 0 Å². The van der Waals surface area contributed by atoms with E-state index in [2.05, 4.69) is 29.2 Å². The lowest BCUT2D eigenvalue weighted by Crippen LogP contribution is -2.12. The van der Waals surface area contributed by atoms with E-state index in [1.54, 1.807) is 6.33 Å². The predicted octanol–water partition coefficient (Wildman–Crippen LogP) is 6.65. The minimum Gasteiger partial charge on any atom is -0.484 e. The molecule has 164 valence electrons. The molecule has 0 fully saturated rings. The summed E-state index contributed by atoms with van der Waals surface area (Å²) in [5, 5.41) is 1.40. The van der Waals surface area contributed by atoms with Crippen molar-refractivity contribution in [3.63, 3.8) is 0 Å². The lowest BCUT2D eigenvalue weighted by molar-refractivity contribution is 0.0998. The highest BCUT2D eigenvalue weighted by Crippen LogP contribution is 2.37. The second kappa shape index (κ2) is 8.73. The van der Waals surface area contributed by atoms with Crippen molar-refractivity contribution in [2.45, 2.75) is 13.0 Å². The van der Waals surface area contributed by atoms with Gasteiger partial charge in [-0.15, -0.1) is 11.3 Å². The van der Waals surface area contributed by atoms with E-state index in [0.717, 1.165) is 32.7 Å². The summed E-state index contributed by atoms with van der Waals surface area (Å²) in [6.45, 7) is 1.89. The van der Waals surface area contributed by atoms with Gasteiger partial charge in [-0.05, 0) is 36.2 Å². The Hall–Kier alpha value is -3.61. The smallest absolute Gasteiger partial charge is 0.262 e. The van der Waals surface area contributed by atoms with Gasteiger partial charge >= 0.3 is 0 Å². The van der Waals surface area contributed by atoms with Crippen LogP contribution in [0.15, 0.2) is 85.2 Å². The first kappa shape index (κ1) is 21.2. The third kappa shape index (κ3) is 4.11. The summed E-state index contributed by atoms with van der Waals surface area (Å²) in [7, 11) is 0. The van der Waals surface area contributed by atoms with Crippen molar-refractivity contribution in [3.05, 3.63) is 101 Å². The highest BCUT2D eigenvalue weighted by Gasteiger charge is 2.21. The Morgan fingerprint density at radius 2 is 1.79 bits per heavy atom. The molecule has 0 aliphatic heterocycles. The van der Waals surface area contributed by atoms with Crippen LogP contribution in [0.3, 0.4) is 0 Å². The minimum atomic E-state index is -0.539. The van der Waals surface area contributed by atoms with E-state index in [1.807, 2.05) is 66.1 Å². The molecule has 0 saturated heterocycles. The first-order valence-electron chi connectivity index (χ1n) is 10.4. The zero-order chi connectivity index (χ0) is 22.9. The molecule has 7 heteroatoms. The van der Waals surface area contributed by atoms with Gasteiger partial charge in [-0.2, -0.15) is 0 Å².